The highest BCUT2D eigenvalue weighted by molar-refractivity contribution is 6.12. The van der Waals surface area contributed by atoms with E-state index in [1.54, 1.807) is 12.1 Å². The number of carbonyl (C=O) groups is 2. The van der Waals surface area contributed by atoms with Gasteiger partial charge in [-0.1, -0.05) is 42.5 Å². The lowest BCUT2D eigenvalue weighted by Gasteiger charge is -2.32. The number of nitrogens with one attached hydrogen (secondary N) is 2. The Hall–Kier alpha value is -3.60. The van der Waals surface area contributed by atoms with Crippen LogP contribution in [0.15, 0.2) is 72.8 Å². The Morgan fingerprint density at radius 3 is 2.39 bits per heavy atom. The number of benzene rings is 3. The molecule has 0 bridgehead atoms. The molecule has 0 spiro atoms. The minimum Gasteiger partial charge on any atom is -0.353 e. The molecule has 1 saturated heterocycles. The molecule has 1 fully saturated rings. The first-order chi connectivity index (χ1) is 15.2. The van der Waals surface area contributed by atoms with E-state index in [9.17, 15) is 9.59 Å². The number of carbonyl (C=O) groups excluding carboxylic acids is 2. The predicted molar refractivity (Wildman–Crippen MR) is 123 cm³/mol. The number of likely N-dealkylation sites (tertiary alicyclic amines) is 1. The van der Waals surface area contributed by atoms with Gasteiger partial charge in [-0.05, 0) is 61.1 Å². The fourth-order valence-corrected chi connectivity index (χ4v) is 4.48. The van der Waals surface area contributed by atoms with Crippen LogP contribution in [0.1, 0.15) is 39.1 Å². The van der Waals surface area contributed by atoms with Crippen LogP contribution in [-0.4, -0.2) is 29.8 Å². The Labute approximate surface area is 182 Å². The van der Waals surface area contributed by atoms with Crippen LogP contribution in [-0.2, 0) is 6.42 Å². The Morgan fingerprint density at radius 1 is 0.839 bits per heavy atom. The van der Waals surface area contributed by atoms with Crippen LogP contribution in [0.3, 0.4) is 0 Å². The van der Waals surface area contributed by atoms with Crippen molar-refractivity contribution in [2.45, 2.75) is 19.3 Å². The van der Waals surface area contributed by atoms with Crippen molar-refractivity contribution in [1.82, 2.24) is 4.90 Å². The molecule has 0 radical (unpaired) electrons. The fraction of sp³-hybridized carbons (Fsp3) is 0.231. The van der Waals surface area contributed by atoms with Crippen LogP contribution in [0.25, 0.3) is 0 Å². The molecule has 0 saturated carbocycles. The topological polar surface area (TPSA) is 61.4 Å². The van der Waals surface area contributed by atoms with Crippen molar-refractivity contribution in [2.75, 3.05) is 23.7 Å². The molecule has 3 aromatic rings. The number of nitrogens with zero attached hydrogens (tertiary/aromatic N) is 1. The van der Waals surface area contributed by atoms with Gasteiger partial charge in [0.15, 0.2) is 0 Å². The Morgan fingerprint density at radius 2 is 1.58 bits per heavy atom. The summed E-state index contributed by atoms with van der Waals surface area (Å²) in [6.07, 6.45) is 3.10. The van der Waals surface area contributed by atoms with Crippen molar-refractivity contribution in [3.05, 3.63) is 89.5 Å². The van der Waals surface area contributed by atoms with Gasteiger partial charge in [0.1, 0.15) is 0 Å². The smallest absolute Gasteiger partial charge is 0.257 e. The third-order valence-electron chi connectivity index (χ3n) is 6.22. The summed E-state index contributed by atoms with van der Waals surface area (Å²) in [5.41, 5.74) is 4.74. The Kier molecular flexibility index (Phi) is 5.16. The van der Waals surface area contributed by atoms with Gasteiger partial charge in [0.25, 0.3) is 11.8 Å². The van der Waals surface area contributed by atoms with E-state index in [1.165, 1.54) is 5.56 Å². The highest BCUT2D eigenvalue weighted by Gasteiger charge is 2.25. The van der Waals surface area contributed by atoms with Crippen LogP contribution < -0.4 is 10.6 Å². The van der Waals surface area contributed by atoms with E-state index in [0.29, 0.717) is 22.7 Å². The van der Waals surface area contributed by atoms with Gasteiger partial charge in [0.05, 0.1) is 22.6 Å². The van der Waals surface area contributed by atoms with Crippen molar-refractivity contribution in [1.29, 1.82) is 0 Å². The minimum absolute atomic E-state index is 0.0250. The number of hydrogen-bond acceptors (Lipinski definition) is 3. The third kappa shape index (κ3) is 4.04. The second kappa shape index (κ2) is 8.26. The molecule has 31 heavy (non-hydrogen) atoms. The molecule has 5 rings (SSSR count). The predicted octanol–water partition coefficient (Wildman–Crippen LogP) is 5.09. The lowest BCUT2D eigenvalue weighted by Crippen LogP contribution is -2.38. The summed E-state index contributed by atoms with van der Waals surface area (Å²) in [4.78, 5) is 27.7. The molecule has 3 aromatic carbocycles. The summed E-state index contributed by atoms with van der Waals surface area (Å²) in [5.74, 6) is 0.464. The second-order valence-electron chi connectivity index (χ2n) is 8.31. The molecule has 0 aliphatic carbocycles. The monoisotopic (exact) mass is 411 g/mol. The zero-order valence-electron chi connectivity index (χ0n) is 17.3. The zero-order chi connectivity index (χ0) is 21.2. The molecule has 0 atom stereocenters. The summed E-state index contributed by atoms with van der Waals surface area (Å²) >= 11 is 0. The first kappa shape index (κ1) is 19.4. The van der Waals surface area contributed by atoms with Gasteiger partial charge >= 0.3 is 0 Å². The minimum atomic E-state index is -0.173. The van der Waals surface area contributed by atoms with E-state index in [-0.39, 0.29) is 11.8 Å². The summed E-state index contributed by atoms with van der Waals surface area (Å²) < 4.78 is 0. The highest BCUT2D eigenvalue weighted by atomic mass is 16.2. The van der Waals surface area contributed by atoms with Gasteiger partial charge in [-0.3, -0.25) is 9.59 Å². The van der Waals surface area contributed by atoms with Gasteiger partial charge in [-0.25, -0.2) is 0 Å². The van der Waals surface area contributed by atoms with E-state index in [1.807, 2.05) is 41.3 Å². The van der Waals surface area contributed by atoms with Crippen LogP contribution >= 0.6 is 0 Å². The van der Waals surface area contributed by atoms with Crippen molar-refractivity contribution in [2.24, 2.45) is 5.92 Å². The van der Waals surface area contributed by atoms with Crippen molar-refractivity contribution in [3.8, 4) is 0 Å². The molecule has 5 heteroatoms. The van der Waals surface area contributed by atoms with E-state index in [0.717, 1.165) is 43.7 Å². The lowest BCUT2D eigenvalue weighted by molar-refractivity contribution is 0.0690. The van der Waals surface area contributed by atoms with Gasteiger partial charge in [-0.15, -0.1) is 0 Å². The average molecular weight is 412 g/mol. The number of para-hydroxylation sites is 1. The van der Waals surface area contributed by atoms with E-state index >= 15 is 0 Å². The first-order valence-electron chi connectivity index (χ1n) is 10.8. The van der Waals surface area contributed by atoms with E-state index < -0.39 is 0 Å². The largest absolute Gasteiger partial charge is 0.353 e. The van der Waals surface area contributed by atoms with Crippen molar-refractivity contribution >= 4 is 28.9 Å². The van der Waals surface area contributed by atoms with Crippen molar-refractivity contribution < 1.29 is 9.59 Å². The van der Waals surface area contributed by atoms with Crippen molar-refractivity contribution in [3.63, 3.8) is 0 Å². The number of rotatable bonds is 3. The van der Waals surface area contributed by atoms with E-state index in [2.05, 4.69) is 34.9 Å². The zero-order valence-corrected chi connectivity index (χ0v) is 17.3. The summed E-state index contributed by atoms with van der Waals surface area (Å²) in [7, 11) is 0. The summed E-state index contributed by atoms with van der Waals surface area (Å²) in [6.45, 7) is 1.53. The summed E-state index contributed by atoms with van der Waals surface area (Å²) in [5, 5.41) is 6.24. The molecule has 2 aliphatic heterocycles. The maximum atomic E-state index is 13.1. The highest BCUT2D eigenvalue weighted by Crippen LogP contribution is 2.33. The normalized spacial score (nSPS) is 15.9. The molecule has 2 heterocycles. The maximum Gasteiger partial charge on any atom is 0.257 e. The SMILES string of the molecule is O=C1Nc2cc(C(=O)N3CCC(Cc4ccccc4)CC3)ccc2Nc2ccccc21. The standard InChI is InChI=1S/C26H25N3O2/c30-25-21-8-4-5-9-22(21)27-23-11-10-20(17-24(23)28-25)26(31)29-14-12-19(13-15-29)16-18-6-2-1-3-7-18/h1-11,17,19,27H,12-16H2,(H,28,30). The number of piperidine rings is 1. The van der Waals surface area contributed by atoms with Crippen LogP contribution in [0.2, 0.25) is 0 Å². The number of hydrogen-bond donors (Lipinski definition) is 2. The van der Waals surface area contributed by atoms with E-state index in [4.69, 9.17) is 0 Å². The number of fused-ring (bicyclic) bond motifs is 2. The molecule has 5 nitrogen and oxygen atoms in total. The molecule has 2 N–H and O–H groups in total. The van der Waals surface area contributed by atoms with Gasteiger partial charge in [0.2, 0.25) is 0 Å². The summed E-state index contributed by atoms with van der Waals surface area (Å²) in [6, 6.07) is 23.4. The Bertz CT molecular complexity index is 1120. The third-order valence-corrected chi connectivity index (χ3v) is 6.22. The number of anilines is 3. The first-order valence-corrected chi connectivity index (χ1v) is 10.8. The van der Waals surface area contributed by atoms with Gasteiger partial charge < -0.3 is 15.5 Å². The molecular weight excluding hydrogens is 386 g/mol. The molecule has 0 aromatic heterocycles. The molecule has 156 valence electrons. The lowest BCUT2D eigenvalue weighted by atomic mass is 9.90. The van der Waals surface area contributed by atoms with Crippen LogP contribution in [0.5, 0.6) is 0 Å². The Balaban J connectivity index is 1.27. The van der Waals surface area contributed by atoms with Gasteiger partial charge in [0, 0.05) is 18.7 Å². The maximum absolute atomic E-state index is 13.1. The number of amides is 2. The molecular formula is C26H25N3O2. The second-order valence-corrected chi connectivity index (χ2v) is 8.31. The molecule has 2 amide bonds. The van der Waals surface area contributed by atoms with Crippen LogP contribution in [0.4, 0.5) is 17.1 Å². The molecule has 0 unspecified atom stereocenters. The average Bonchev–Trinajstić information content (AvgIpc) is 2.95. The van der Waals surface area contributed by atoms with Gasteiger partial charge in [-0.2, -0.15) is 0 Å². The van der Waals surface area contributed by atoms with Crippen LogP contribution in [0, 0.1) is 5.92 Å². The molecule has 2 aliphatic rings. The quantitative estimate of drug-likeness (QED) is 0.631. The fourth-order valence-electron chi connectivity index (χ4n) is 4.48.